The fourth-order valence-corrected chi connectivity index (χ4v) is 2.89. The van der Waals surface area contributed by atoms with Gasteiger partial charge >= 0.3 is 12.6 Å². The molecule has 0 aliphatic carbocycles. The fourth-order valence-electron chi connectivity index (χ4n) is 2.89. The number of amides is 2. The third-order valence-electron chi connectivity index (χ3n) is 4.47. The van der Waals surface area contributed by atoms with Gasteiger partial charge in [-0.05, 0) is 36.6 Å². The molecule has 0 unspecified atom stereocenters. The van der Waals surface area contributed by atoms with Crippen molar-refractivity contribution in [3.63, 3.8) is 0 Å². The number of halogens is 2. The van der Waals surface area contributed by atoms with Crippen molar-refractivity contribution in [1.82, 2.24) is 20.2 Å². The molecule has 0 fully saturated rings. The minimum Gasteiger partial charge on any atom is -0.435 e. The number of alkyl halides is 2. The number of aliphatic hydroxyl groups excluding tert-OH is 1. The lowest BCUT2D eigenvalue weighted by Crippen LogP contribution is -2.42. The van der Waals surface area contributed by atoms with Crippen LogP contribution in [0.5, 0.6) is 5.75 Å². The summed E-state index contributed by atoms with van der Waals surface area (Å²) in [6, 6.07) is 5.70. The van der Waals surface area contributed by atoms with E-state index in [4.69, 9.17) is 5.11 Å². The zero-order valence-electron chi connectivity index (χ0n) is 15.9. The molecule has 156 valence electrons. The van der Waals surface area contributed by atoms with Crippen LogP contribution in [0.1, 0.15) is 23.7 Å². The van der Waals surface area contributed by atoms with Crippen molar-refractivity contribution in [3.05, 3.63) is 47.3 Å². The largest absolute Gasteiger partial charge is 0.435 e. The molecular weight excluding hydrogens is 384 g/mol. The van der Waals surface area contributed by atoms with Crippen LogP contribution >= 0.6 is 0 Å². The quantitative estimate of drug-likeness (QED) is 0.650. The Bertz CT molecular complexity index is 835. The second kappa shape index (κ2) is 9.46. The predicted octanol–water partition coefficient (Wildman–Crippen LogP) is 2.14. The average molecular weight is 407 g/mol. The maximum Gasteiger partial charge on any atom is 0.387 e. The number of fused-ring (bicyclic) bond motifs is 1. The van der Waals surface area contributed by atoms with Crippen LogP contribution in [-0.4, -0.2) is 51.8 Å². The lowest BCUT2D eigenvalue weighted by molar-refractivity contribution is -0.0498. The van der Waals surface area contributed by atoms with Crippen LogP contribution in [0.15, 0.2) is 30.5 Å². The highest BCUT2D eigenvalue weighted by atomic mass is 19.3. The van der Waals surface area contributed by atoms with Crippen LogP contribution < -0.4 is 15.4 Å². The Balaban J connectivity index is 1.55. The predicted molar refractivity (Wildman–Crippen MR) is 102 cm³/mol. The maximum absolute atomic E-state index is 12.5. The summed E-state index contributed by atoms with van der Waals surface area (Å²) < 4.78 is 28.7. The normalized spacial score (nSPS) is 14.3. The molecule has 3 rings (SSSR count). The second-order valence-electron chi connectivity index (χ2n) is 6.75. The number of hydrogen-bond acceptors (Lipinski definition) is 6. The summed E-state index contributed by atoms with van der Waals surface area (Å²) in [6.45, 7) is 0.0746. The number of benzene rings is 1. The minimum absolute atomic E-state index is 0.0375. The number of nitrogens with zero attached hydrogens (tertiary/aromatic N) is 3. The topological polar surface area (TPSA) is 99.6 Å². The highest BCUT2D eigenvalue weighted by molar-refractivity contribution is 5.74. The number of anilines is 1. The fraction of sp³-hybridized carbons (Fsp3) is 0.421. The summed E-state index contributed by atoms with van der Waals surface area (Å²) in [5.41, 5.74) is 2.53. The van der Waals surface area contributed by atoms with Gasteiger partial charge in [-0.25, -0.2) is 14.8 Å². The molecule has 0 saturated heterocycles. The number of carbonyl (C=O) groups excluding carboxylic acids is 1. The molecule has 8 nitrogen and oxygen atoms in total. The number of carbonyl (C=O) groups is 1. The van der Waals surface area contributed by atoms with Crippen LogP contribution in [0.4, 0.5) is 19.5 Å². The zero-order chi connectivity index (χ0) is 20.8. The van der Waals surface area contributed by atoms with E-state index in [9.17, 15) is 13.6 Å². The monoisotopic (exact) mass is 407 g/mol. The summed E-state index contributed by atoms with van der Waals surface area (Å²) in [5, 5.41) is 15.0. The van der Waals surface area contributed by atoms with E-state index in [2.05, 4.69) is 25.3 Å². The first-order chi connectivity index (χ1) is 13.9. The van der Waals surface area contributed by atoms with Gasteiger partial charge in [0.25, 0.3) is 0 Å². The van der Waals surface area contributed by atoms with Gasteiger partial charge < -0.3 is 25.4 Å². The Hall–Kier alpha value is -3.01. The second-order valence-corrected chi connectivity index (χ2v) is 6.75. The number of nitrogens with one attached hydrogen (secondary N) is 2. The van der Waals surface area contributed by atoms with Crippen LogP contribution in [-0.2, 0) is 19.5 Å². The van der Waals surface area contributed by atoms with Gasteiger partial charge in [0.15, 0.2) is 0 Å². The number of ether oxygens (including phenoxy) is 1. The van der Waals surface area contributed by atoms with Gasteiger partial charge in [-0.15, -0.1) is 0 Å². The van der Waals surface area contributed by atoms with Crippen LogP contribution in [0, 0.1) is 0 Å². The summed E-state index contributed by atoms with van der Waals surface area (Å²) in [4.78, 5) is 22.9. The van der Waals surface area contributed by atoms with Crippen molar-refractivity contribution in [2.45, 2.75) is 39.1 Å². The number of aromatic nitrogens is 2. The van der Waals surface area contributed by atoms with Gasteiger partial charge in [0.2, 0.25) is 5.95 Å². The molecule has 3 N–H and O–H groups in total. The molecule has 1 aliphatic rings. The summed E-state index contributed by atoms with van der Waals surface area (Å²) >= 11 is 0. The Morgan fingerprint density at radius 3 is 2.79 bits per heavy atom. The molecule has 29 heavy (non-hydrogen) atoms. The molecule has 1 aromatic carbocycles. The highest BCUT2D eigenvalue weighted by Gasteiger charge is 2.22. The van der Waals surface area contributed by atoms with Gasteiger partial charge in [-0.1, -0.05) is 12.1 Å². The average Bonchev–Trinajstić information content (AvgIpc) is 2.72. The third-order valence-corrected chi connectivity index (χ3v) is 4.47. The van der Waals surface area contributed by atoms with Gasteiger partial charge in [0.05, 0.1) is 18.8 Å². The highest BCUT2D eigenvalue weighted by Crippen LogP contribution is 2.19. The van der Waals surface area contributed by atoms with E-state index in [0.717, 1.165) is 16.8 Å². The molecule has 2 amide bonds. The van der Waals surface area contributed by atoms with Gasteiger partial charge in [0.1, 0.15) is 5.75 Å². The van der Waals surface area contributed by atoms with E-state index in [0.29, 0.717) is 25.5 Å². The van der Waals surface area contributed by atoms with Crippen molar-refractivity contribution in [3.8, 4) is 5.75 Å². The van der Waals surface area contributed by atoms with E-state index in [-0.39, 0.29) is 31.0 Å². The summed E-state index contributed by atoms with van der Waals surface area (Å²) in [7, 11) is 0. The van der Waals surface area contributed by atoms with E-state index in [1.54, 1.807) is 23.2 Å². The molecular formula is C19H23F2N5O3. The Morgan fingerprint density at radius 1 is 1.34 bits per heavy atom. The summed E-state index contributed by atoms with van der Waals surface area (Å²) in [5.74, 6) is 0.487. The first-order valence-corrected chi connectivity index (χ1v) is 9.23. The molecule has 0 spiro atoms. The molecule has 10 heteroatoms. The van der Waals surface area contributed by atoms with Crippen LogP contribution in [0.3, 0.4) is 0 Å². The first kappa shape index (κ1) is 20.7. The van der Waals surface area contributed by atoms with Crippen molar-refractivity contribution >= 4 is 12.0 Å². The van der Waals surface area contributed by atoms with E-state index in [1.165, 1.54) is 12.1 Å². The number of urea groups is 1. The maximum atomic E-state index is 12.5. The number of rotatable bonds is 7. The number of hydrogen-bond donors (Lipinski definition) is 3. The minimum atomic E-state index is -2.87. The number of aliphatic hydroxyl groups is 1. The third kappa shape index (κ3) is 5.74. The lowest BCUT2D eigenvalue weighted by Gasteiger charge is -2.28. The van der Waals surface area contributed by atoms with Gasteiger partial charge in [-0.3, -0.25) is 0 Å². The summed E-state index contributed by atoms with van der Waals surface area (Å²) in [6.07, 6.45) is 2.39. The molecule has 1 aromatic heterocycles. The lowest BCUT2D eigenvalue weighted by atomic mass is 10.1. The van der Waals surface area contributed by atoms with Crippen molar-refractivity contribution in [2.75, 3.05) is 18.5 Å². The molecule has 2 aromatic rings. The standard InChI is InChI=1S/C19H23F2N5O3/c1-12(11-27)24-18-22-9-14-6-7-26(10-16(14)25-18)19(28)23-8-13-2-4-15(5-3-13)29-17(20)21/h2-5,9,12,17,27H,6-8,10-11H2,1H3,(H,23,28)(H,22,24,25)/t12-/m0/s1. The smallest absolute Gasteiger partial charge is 0.387 e. The molecule has 1 atom stereocenters. The first-order valence-electron chi connectivity index (χ1n) is 9.23. The SMILES string of the molecule is C[C@@H](CO)Nc1ncc2c(n1)CN(C(=O)NCc1ccc(OC(F)F)cc1)CC2. The van der Waals surface area contributed by atoms with Gasteiger partial charge in [-0.2, -0.15) is 8.78 Å². The van der Waals surface area contributed by atoms with Crippen LogP contribution in [0.25, 0.3) is 0 Å². The van der Waals surface area contributed by atoms with Crippen LogP contribution in [0.2, 0.25) is 0 Å². The van der Waals surface area contributed by atoms with Crippen molar-refractivity contribution in [1.29, 1.82) is 0 Å². The van der Waals surface area contributed by atoms with Crippen molar-refractivity contribution in [2.24, 2.45) is 0 Å². The molecule has 2 heterocycles. The zero-order valence-corrected chi connectivity index (χ0v) is 15.9. The molecule has 0 bridgehead atoms. The molecule has 0 saturated carbocycles. The molecule has 1 aliphatic heterocycles. The Labute approximate surface area is 166 Å². The van der Waals surface area contributed by atoms with E-state index >= 15 is 0 Å². The van der Waals surface area contributed by atoms with E-state index in [1.807, 2.05) is 6.92 Å². The van der Waals surface area contributed by atoms with E-state index < -0.39 is 6.61 Å². The Morgan fingerprint density at radius 2 is 2.10 bits per heavy atom. The van der Waals surface area contributed by atoms with Gasteiger partial charge in [0, 0.05) is 25.3 Å². The Kier molecular flexibility index (Phi) is 6.76. The molecule has 0 radical (unpaired) electrons. The van der Waals surface area contributed by atoms with Crippen molar-refractivity contribution < 1.29 is 23.4 Å².